The minimum atomic E-state index is -0.401. The molecule has 0 aromatic heterocycles. The van der Waals surface area contributed by atoms with E-state index in [4.69, 9.17) is 16.3 Å². The fourth-order valence-corrected chi connectivity index (χ4v) is 2.33. The van der Waals surface area contributed by atoms with Crippen LogP contribution in [0.2, 0.25) is 5.02 Å². The largest absolute Gasteiger partial charge is 0.490 e. The monoisotopic (exact) mass is 373 g/mol. The summed E-state index contributed by atoms with van der Waals surface area (Å²) in [6.07, 6.45) is 1.47. The van der Waals surface area contributed by atoms with Crippen LogP contribution in [-0.4, -0.2) is 24.1 Å². The molecule has 0 saturated heterocycles. The van der Waals surface area contributed by atoms with Gasteiger partial charge in [-0.05, 0) is 50.2 Å². The van der Waals surface area contributed by atoms with E-state index in [1.807, 2.05) is 13.8 Å². The number of nitrogens with zero attached hydrogens (tertiary/aromatic N) is 1. The number of benzene rings is 2. The minimum absolute atomic E-state index is 0.00516. The van der Waals surface area contributed by atoms with Crippen LogP contribution in [0.4, 0.5) is 5.69 Å². The van der Waals surface area contributed by atoms with Crippen molar-refractivity contribution < 1.29 is 14.3 Å². The third-order valence-corrected chi connectivity index (χ3v) is 3.38. The quantitative estimate of drug-likeness (QED) is 0.596. The fourth-order valence-electron chi connectivity index (χ4n) is 2.15. The molecule has 26 heavy (non-hydrogen) atoms. The van der Waals surface area contributed by atoms with Crippen LogP contribution in [0.3, 0.4) is 0 Å². The zero-order valence-corrected chi connectivity index (χ0v) is 15.5. The Balaban J connectivity index is 2.10. The summed E-state index contributed by atoms with van der Waals surface area (Å²) in [5, 5.41) is 7.13. The second-order valence-corrected chi connectivity index (χ2v) is 6.25. The topological polar surface area (TPSA) is 79.8 Å². The Bertz CT molecular complexity index is 835. The van der Waals surface area contributed by atoms with Gasteiger partial charge in [-0.3, -0.25) is 9.59 Å². The van der Waals surface area contributed by atoms with Crippen LogP contribution in [0.1, 0.15) is 36.7 Å². The van der Waals surface area contributed by atoms with Crippen LogP contribution < -0.4 is 15.5 Å². The van der Waals surface area contributed by atoms with Gasteiger partial charge in [0.15, 0.2) is 0 Å². The number of ether oxygens (including phenoxy) is 1. The van der Waals surface area contributed by atoms with Crippen molar-refractivity contribution in [1.29, 1.82) is 0 Å². The first kappa shape index (κ1) is 19.5. The highest BCUT2D eigenvalue weighted by atomic mass is 35.5. The van der Waals surface area contributed by atoms with Gasteiger partial charge in [0.25, 0.3) is 5.91 Å². The van der Waals surface area contributed by atoms with Crippen LogP contribution in [0.15, 0.2) is 47.6 Å². The molecule has 0 bridgehead atoms. The van der Waals surface area contributed by atoms with Crippen molar-refractivity contribution in [3.8, 4) is 5.75 Å². The Morgan fingerprint density at radius 1 is 1.19 bits per heavy atom. The molecule has 0 unspecified atom stereocenters. The second-order valence-electron chi connectivity index (χ2n) is 5.81. The van der Waals surface area contributed by atoms with Crippen molar-refractivity contribution in [3.05, 3.63) is 58.6 Å². The minimum Gasteiger partial charge on any atom is -0.490 e. The SMILES string of the molecule is CC(=O)Nc1cccc(C(=O)N/N=C/c2cc(Cl)ccc2OC(C)C)c1. The molecule has 0 heterocycles. The van der Waals surface area contributed by atoms with Gasteiger partial charge in [-0.15, -0.1) is 0 Å². The van der Waals surface area contributed by atoms with Crippen molar-refractivity contribution in [2.24, 2.45) is 5.10 Å². The van der Waals surface area contributed by atoms with Crippen molar-refractivity contribution in [1.82, 2.24) is 5.43 Å². The molecular formula is C19H20ClN3O3. The highest BCUT2D eigenvalue weighted by molar-refractivity contribution is 6.30. The van der Waals surface area contributed by atoms with E-state index in [1.54, 1.807) is 42.5 Å². The normalized spacial score (nSPS) is 10.8. The van der Waals surface area contributed by atoms with Crippen molar-refractivity contribution in [3.63, 3.8) is 0 Å². The predicted molar refractivity (Wildman–Crippen MR) is 103 cm³/mol. The lowest BCUT2D eigenvalue weighted by Gasteiger charge is -2.12. The van der Waals surface area contributed by atoms with E-state index < -0.39 is 5.91 Å². The van der Waals surface area contributed by atoms with E-state index in [-0.39, 0.29) is 12.0 Å². The molecule has 0 spiro atoms. The van der Waals surface area contributed by atoms with Gasteiger partial charge < -0.3 is 10.1 Å². The van der Waals surface area contributed by atoms with Gasteiger partial charge in [0.05, 0.1) is 12.3 Å². The van der Waals surface area contributed by atoms with Crippen LogP contribution in [-0.2, 0) is 4.79 Å². The maximum Gasteiger partial charge on any atom is 0.271 e. The highest BCUT2D eigenvalue weighted by Crippen LogP contribution is 2.22. The third-order valence-electron chi connectivity index (χ3n) is 3.15. The Labute approximate surface area is 157 Å². The summed E-state index contributed by atoms with van der Waals surface area (Å²) >= 11 is 6.01. The average Bonchev–Trinajstić information content (AvgIpc) is 2.56. The highest BCUT2D eigenvalue weighted by Gasteiger charge is 2.07. The van der Waals surface area contributed by atoms with E-state index in [2.05, 4.69) is 15.8 Å². The number of nitrogens with one attached hydrogen (secondary N) is 2. The fraction of sp³-hybridized carbons (Fsp3) is 0.211. The number of anilines is 1. The van der Waals surface area contributed by atoms with Gasteiger partial charge in [0.1, 0.15) is 5.75 Å². The molecule has 0 radical (unpaired) electrons. The van der Waals surface area contributed by atoms with Crippen molar-refractivity contribution in [2.75, 3.05) is 5.32 Å². The molecule has 6 nitrogen and oxygen atoms in total. The average molecular weight is 374 g/mol. The van der Waals surface area contributed by atoms with E-state index in [9.17, 15) is 9.59 Å². The predicted octanol–water partition coefficient (Wildman–Crippen LogP) is 3.85. The summed E-state index contributed by atoms with van der Waals surface area (Å²) in [6.45, 7) is 5.23. The molecule has 0 saturated carbocycles. The number of amides is 2. The number of hydrogen-bond donors (Lipinski definition) is 2. The van der Waals surface area contributed by atoms with Crippen molar-refractivity contribution >= 4 is 35.3 Å². The number of carbonyl (C=O) groups is 2. The standard InChI is InChI=1S/C19H20ClN3O3/c1-12(2)26-18-8-7-16(20)9-15(18)11-21-23-19(25)14-5-4-6-17(10-14)22-13(3)24/h4-12H,1-3H3,(H,22,24)(H,23,25)/b21-11+. The molecule has 0 aliphatic heterocycles. The van der Waals surface area contributed by atoms with Crippen LogP contribution in [0.25, 0.3) is 0 Å². The summed E-state index contributed by atoms with van der Waals surface area (Å²) in [5.41, 5.74) is 4.01. The summed E-state index contributed by atoms with van der Waals surface area (Å²) in [4.78, 5) is 23.3. The molecule has 2 amide bonds. The molecule has 2 aromatic carbocycles. The van der Waals surface area contributed by atoms with E-state index in [0.29, 0.717) is 27.6 Å². The number of hydrazone groups is 1. The number of hydrogen-bond acceptors (Lipinski definition) is 4. The lowest BCUT2D eigenvalue weighted by Crippen LogP contribution is -2.18. The molecule has 0 aliphatic carbocycles. The molecule has 2 aromatic rings. The summed E-state index contributed by atoms with van der Waals surface area (Å²) in [7, 11) is 0. The van der Waals surface area contributed by atoms with Crippen molar-refractivity contribution in [2.45, 2.75) is 26.9 Å². The number of halogens is 1. The molecule has 136 valence electrons. The first-order valence-corrected chi connectivity index (χ1v) is 8.40. The number of carbonyl (C=O) groups excluding carboxylic acids is 2. The van der Waals surface area contributed by atoms with Gasteiger partial charge in [-0.2, -0.15) is 5.10 Å². The molecule has 7 heteroatoms. The zero-order valence-electron chi connectivity index (χ0n) is 14.7. The maximum absolute atomic E-state index is 12.2. The van der Waals surface area contributed by atoms with Gasteiger partial charge in [-0.1, -0.05) is 17.7 Å². The van der Waals surface area contributed by atoms with Gasteiger partial charge in [0.2, 0.25) is 5.91 Å². The number of rotatable bonds is 6. The van der Waals surface area contributed by atoms with Crippen LogP contribution in [0.5, 0.6) is 5.75 Å². The summed E-state index contributed by atoms with van der Waals surface area (Å²) in [6, 6.07) is 11.7. The molecule has 0 atom stereocenters. The maximum atomic E-state index is 12.2. The lowest BCUT2D eigenvalue weighted by atomic mass is 10.2. The Kier molecular flexibility index (Phi) is 6.74. The third kappa shape index (κ3) is 5.89. The van der Waals surface area contributed by atoms with Gasteiger partial charge >= 0.3 is 0 Å². The first-order valence-electron chi connectivity index (χ1n) is 8.02. The van der Waals surface area contributed by atoms with Gasteiger partial charge in [0, 0.05) is 28.8 Å². The summed E-state index contributed by atoms with van der Waals surface area (Å²) in [5.74, 6) is 0.0103. The summed E-state index contributed by atoms with van der Waals surface area (Å²) < 4.78 is 5.69. The molecule has 0 aliphatic rings. The zero-order chi connectivity index (χ0) is 19.1. The first-order chi connectivity index (χ1) is 12.3. The Morgan fingerprint density at radius 2 is 1.96 bits per heavy atom. The van der Waals surface area contributed by atoms with Crippen LogP contribution >= 0.6 is 11.6 Å². The van der Waals surface area contributed by atoms with E-state index in [1.165, 1.54) is 13.1 Å². The smallest absolute Gasteiger partial charge is 0.271 e. The lowest BCUT2D eigenvalue weighted by molar-refractivity contribution is -0.114. The molecular weight excluding hydrogens is 354 g/mol. The Morgan fingerprint density at radius 3 is 2.65 bits per heavy atom. The van der Waals surface area contributed by atoms with E-state index in [0.717, 1.165) is 0 Å². The van der Waals surface area contributed by atoms with Gasteiger partial charge in [-0.25, -0.2) is 5.43 Å². The van der Waals surface area contributed by atoms with Crippen LogP contribution in [0, 0.1) is 0 Å². The molecule has 0 fully saturated rings. The molecule has 2 rings (SSSR count). The molecule has 2 N–H and O–H groups in total. The Hall–Kier alpha value is -2.86. The van der Waals surface area contributed by atoms with E-state index >= 15 is 0 Å². The second kappa shape index (κ2) is 9.01.